The molecule has 0 saturated carbocycles. The Balaban J connectivity index is 1.78. The maximum absolute atomic E-state index is 11.7. The first-order valence-corrected chi connectivity index (χ1v) is 8.09. The second-order valence-electron chi connectivity index (χ2n) is 5.69. The highest BCUT2D eigenvalue weighted by molar-refractivity contribution is 8.03. The first-order chi connectivity index (χ1) is 10.5. The smallest absolute Gasteiger partial charge is 0.353 e. The van der Waals surface area contributed by atoms with Crippen molar-refractivity contribution in [1.29, 1.82) is 0 Å². The monoisotopic (exact) mass is 319 g/mol. The third kappa shape index (κ3) is 2.49. The average molecular weight is 319 g/mol. The van der Waals surface area contributed by atoms with E-state index >= 15 is 0 Å². The fraction of sp³-hybridized carbons (Fsp3) is 0.467. The Morgan fingerprint density at radius 3 is 2.95 bits per heavy atom. The normalized spacial score (nSPS) is 25.0. The molecule has 1 saturated heterocycles. The lowest BCUT2D eigenvalue weighted by atomic mass is 9.94. The highest BCUT2D eigenvalue weighted by atomic mass is 32.2. The topological polar surface area (TPSA) is 83.4 Å². The molecule has 116 valence electrons. The van der Waals surface area contributed by atoms with Crippen LogP contribution in [0, 0.1) is 5.92 Å². The minimum atomic E-state index is -1.02. The van der Waals surface area contributed by atoms with Crippen LogP contribution < -0.4 is 0 Å². The molecule has 0 bridgehead atoms. The molecule has 3 heterocycles. The van der Waals surface area contributed by atoms with Crippen LogP contribution in [-0.2, 0) is 16.0 Å². The number of hydrogen-bond acceptors (Lipinski definition) is 5. The van der Waals surface area contributed by atoms with E-state index in [-0.39, 0.29) is 28.8 Å². The lowest BCUT2D eigenvalue weighted by molar-refractivity contribution is -0.148. The number of carboxylic acids is 1. The molecule has 0 aromatic carbocycles. The van der Waals surface area contributed by atoms with E-state index in [0.717, 1.165) is 10.6 Å². The quantitative estimate of drug-likeness (QED) is 0.832. The van der Waals surface area contributed by atoms with Crippen LogP contribution in [0.2, 0.25) is 0 Å². The van der Waals surface area contributed by atoms with Gasteiger partial charge in [-0.25, -0.2) is 4.79 Å². The number of carbonyl (C=O) groups excluding carboxylic acids is 1. The third-order valence-corrected chi connectivity index (χ3v) is 5.49. The largest absolute Gasteiger partial charge is 0.477 e. The van der Waals surface area contributed by atoms with Crippen LogP contribution in [-0.4, -0.2) is 43.4 Å². The fourth-order valence-electron chi connectivity index (χ4n) is 3.01. The van der Waals surface area contributed by atoms with Gasteiger partial charge in [0.05, 0.1) is 11.7 Å². The number of aromatic nitrogens is 2. The Bertz CT molecular complexity index is 647. The van der Waals surface area contributed by atoms with Gasteiger partial charge in [0.25, 0.3) is 0 Å². The van der Waals surface area contributed by atoms with Crippen LogP contribution in [0.4, 0.5) is 0 Å². The summed E-state index contributed by atoms with van der Waals surface area (Å²) in [6, 6.07) is 3.76. The summed E-state index contributed by atoms with van der Waals surface area (Å²) in [5.41, 5.74) is 1.05. The maximum atomic E-state index is 11.7. The molecule has 1 amide bonds. The van der Waals surface area contributed by atoms with Crippen molar-refractivity contribution < 1.29 is 14.7 Å². The van der Waals surface area contributed by atoms with Crippen molar-refractivity contribution in [3.8, 4) is 0 Å². The molecule has 1 aromatic heterocycles. The number of carbonyl (C=O) groups is 2. The Morgan fingerprint density at radius 2 is 2.36 bits per heavy atom. The highest BCUT2D eigenvalue weighted by Crippen LogP contribution is 2.48. The van der Waals surface area contributed by atoms with Gasteiger partial charge >= 0.3 is 5.97 Å². The van der Waals surface area contributed by atoms with Crippen LogP contribution in [0.1, 0.15) is 26.0 Å². The minimum Gasteiger partial charge on any atom is -0.477 e. The molecule has 0 radical (unpaired) electrons. The zero-order valence-electron chi connectivity index (χ0n) is 12.4. The predicted molar refractivity (Wildman–Crippen MR) is 81.9 cm³/mol. The van der Waals surface area contributed by atoms with Crippen LogP contribution in [0.25, 0.3) is 0 Å². The van der Waals surface area contributed by atoms with Crippen molar-refractivity contribution in [2.24, 2.45) is 5.92 Å². The van der Waals surface area contributed by atoms with E-state index in [1.165, 1.54) is 16.7 Å². The van der Waals surface area contributed by atoms with Crippen LogP contribution >= 0.6 is 11.8 Å². The summed E-state index contributed by atoms with van der Waals surface area (Å²) < 4.78 is 0. The molecular weight excluding hydrogens is 302 g/mol. The van der Waals surface area contributed by atoms with Gasteiger partial charge in [-0.15, -0.1) is 11.8 Å². The summed E-state index contributed by atoms with van der Waals surface area (Å²) in [7, 11) is 0. The van der Waals surface area contributed by atoms with Gasteiger partial charge in [0.15, 0.2) is 0 Å². The zero-order chi connectivity index (χ0) is 15.9. The number of nitrogens with zero attached hydrogens (tertiary/aromatic N) is 3. The van der Waals surface area contributed by atoms with Crippen LogP contribution in [0.5, 0.6) is 0 Å². The second-order valence-corrected chi connectivity index (χ2v) is 7.17. The van der Waals surface area contributed by atoms with Crippen LogP contribution in [0.3, 0.4) is 0 Å². The van der Waals surface area contributed by atoms with Crippen molar-refractivity contribution >= 4 is 23.6 Å². The van der Waals surface area contributed by atoms with Gasteiger partial charge < -0.3 is 10.0 Å². The van der Waals surface area contributed by atoms with Crippen molar-refractivity contribution in [1.82, 2.24) is 15.1 Å². The van der Waals surface area contributed by atoms with Crippen LogP contribution in [0.15, 0.2) is 28.9 Å². The number of hydrogen-bond donors (Lipinski definition) is 1. The number of aliphatic carboxylic acids is 1. The first-order valence-electron chi connectivity index (χ1n) is 7.21. The van der Waals surface area contributed by atoms with E-state index in [1.54, 1.807) is 6.20 Å². The third-order valence-electron chi connectivity index (χ3n) is 4.10. The minimum absolute atomic E-state index is 0.0183. The molecule has 3 atom stereocenters. The highest BCUT2D eigenvalue weighted by Gasteiger charge is 2.51. The van der Waals surface area contributed by atoms with Crippen molar-refractivity contribution in [2.75, 3.05) is 0 Å². The molecule has 1 aromatic rings. The summed E-state index contributed by atoms with van der Waals surface area (Å²) in [5, 5.41) is 17.5. The van der Waals surface area contributed by atoms with E-state index in [0.29, 0.717) is 12.8 Å². The lowest BCUT2D eigenvalue weighted by Crippen LogP contribution is -2.51. The molecule has 2 aliphatic heterocycles. The molecule has 22 heavy (non-hydrogen) atoms. The van der Waals surface area contributed by atoms with E-state index in [9.17, 15) is 14.7 Å². The van der Waals surface area contributed by atoms with E-state index in [2.05, 4.69) is 10.2 Å². The summed E-state index contributed by atoms with van der Waals surface area (Å²) in [4.78, 5) is 25.5. The Morgan fingerprint density at radius 1 is 1.59 bits per heavy atom. The second kappa shape index (κ2) is 5.72. The Kier molecular flexibility index (Phi) is 3.90. The first kappa shape index (κ1) is 15.0. The number of β-lactam (4-membered cyclic amide) rings is 1. The molecule has 2 aliphatic rings. The van der Waals surface area contributed by atoms with Crippen molar-refractivity contribution in [2.45, 2.75) is 38.0 Å². The summed E-state index contributed by atoms with van der Waals surface area (Å²) in [6.07, 6.45) is 2.78. The van der Waals surface area contributed by atoms with Gasteiger partial charge in [0.1, 0.15) is 5.70 Å². The lowest BCUT2D eigenvalue weighted by Gasteiger charge is -2.37. The SMILES string of the molecule is CC(Cc1cccnn1)SC1=C(C(=O)O)N2C(=O)CC2C1C. The molecule has 1 fully saturated rings. The summed E-state index contributed by atoms with van der Waals surface area (Å²) in [5.74, 6) is -1.03. The molecule has 6 nitrogen and oxygen atoms in total. The molecule has 3 unspecified atom stereocenters. The molecule has 1 N–H and O–H groups in total. The van der Waals surface area contributed by atoms with E-state index in [1.807, 2.05) is 26.0 Å². The number of amides is 1. The molecular formula is C15H17N3O3S. The number of fused-ring (bicyclic) bond motifs is 1. The zero-order valence-corrected chi connectivity index (χ0v) is 13.2. The fourth-order valence-corrected chi connectivity index (χ4v) is 4.36. The average Bonchev–Trinajstić information content (AvgIpc) is 2.69. The van der Waals surface area contributed by atoms with Gasteiger partial charge in [0, 0.05) is 35.1 Å². The van der Waals surface area contributed by atoms with Gasteiger partial charge in [-0.1, -0.05) is 13.8 Å². The van der Waals surface area contributed by atoms with Crippen molar-refractivity contribution in [3.05, 3.63) is 34.6 Å². The predicted octanol–water partition coefficient (Wildman–Crippen LogP) is 1.69. The number of rotatable bonds is 5. The Labute approximate surface area is 132 Å². The van der Waals surface area contributed by atoms with E-state index in [4.69, 9.17) is 0 Å². The molecule has 0 aliphatic carbocycles. The van der Waals surface area contributed by atoms with Gasteiger partial charge in [0.2, 0.25) is 5.91 Å². The standard InChI is InChI=1S/C15H17N3O3S/c1-8(6-10-4-3-5-16-17-10)22-14-9(2)11-7-12(19)18(11)13(14)15(20)21/h3-5,8-9,11H,6-7H2,1-2H3,(H,20,21). The Hall–Kier alpha value is -1.89. The van der Waals surface area contributed by atoms with Gasteiger partial charge in [-0.2, -0.15) is 10.2 Å². The van der Waals surface area contributed by atoms with Gasteiger partial charge in [-0.05, 0) is 12.1 Å². The molecule has 7 heteroatoms. The summed E-state index contributed by atoms with van der Waals surface area (Å²) >= 11 is 1.53. The van der Waals surface area contributed by atoms with Crippen molar-refractivity contribution in [3.63, 3.8) is 0 Å². The number of carboxylic acid groups (broad SMARTS) is 1. The summed E-state index contributed by atoms with van der Waals surface area (Å²) in [6.45, 7) is 4.04. The van der Waals surface area contributed by atoms with E-state index < -0.39 is 5.97 Å². The maximum Gasteiger partial charge on any atom is 0.353 e. The molecule has 0 spiro atoms. The van der Waals surface area contributed by atoms with Gasteiger partial charge in [-0.3, -0.25) is 4.79 Å². The molecule has 3 rings (SSSR count). The number of thioether (sulfide) groups is 1.